The molecule has 7 heteroatoms. The molecule has 1 heterocycles. The fraction of sp³-hybridized carbons (Fsp3) is 0.160. The number of carbonyl (C=O) groups is 1. The number of carbonyl (C=O) groups excluding carboxylic acids is 1. The van der Waals surface area contributed by atoms with Crippen molar-refractivity contribution in [1.82, 2.24) is 5.32 Å². The third-order valence-corrected chi connectivity index (χ3v) is 5.08. The number of hydrogen-bond acceptors (Lipinski definition) is 5. The van der Waals surface area contributed by atoms with Gasteiger partial charge in [0.2, 0.25) is 12.7 Å². The lowest BCUT2D eigenvalue weighted by molar-refractivity contribution is -0.116. The van der Waals surface area contributed by atoms with E-state index in [0.29, 0.717) is 35.4 Å². The van der Waals surface area contributed by atoms with Crippen molar-refractivity contribution in [2.24, 2.45) is 0 Å². The Hall–Kier alpha value is -3.64. The van der Waals surface area contributed by atoms with Crippen LogP contribution in [0.3, 0.4) is 0 Å². The van der Waals surface area contributed by atoms with Gasteiger partial charge >= 0.3 is 0 Å². The molecule has 0 saturated heterocycles. The van der Waals surface area contributed by atoms with Crippen LogP contribution in [0.5, 0.6) is 23.0 Å². The molecular formula is C25H22ClNO5. The molecular weight excluding hydrogens is 430 g/mol. The minimum Gasteiger partial charge on any atom is -0.493 e. The summed E-state index contributed by atoms with van der Waals surface area (Å²) in [6.07, 6.45) is 3.20. The highest BCUT2D eigenvalue weighted by atomic mass is 35.5. The first-order chi connectivity index (χ1) is 15.6. The van der Waals surface area contributed by atoms with E-state index in [1.165, 1.54) is 6.08 Å². The predicted octanol–water partition coefficient (Wildman–Crippen LogP) is 4.99. The molecule has 3 aromatic carbocycles. The van der Waals surface area contributed by atoms with Crippen LogP contribution in [0, 0.1) is 0 Å². The lowest BCUT2D eigenvalue weighted by Crippen LogP contribution is -2.20. The predicted molar refractivity (Wildman–Crippen MR) is 122 cm³/mol. The van der Waals surface area contributed by atoms with E-state index in [1.807, 2.05) is 60.7 Å². The first-order valence-electron chi connectivity index (χ1n) is 10.0. The monoisotopic (exact) mass is 451 g/mol. The molecule has 1 aliphatic heterocycles. The van der Waals surface area contributed by atoms with Gasteiger partial charge in [-0.15, -0.1) is 0 Å². The van der Waals surface area contributed by atoms with Gasteiger partial charge in [-0.3, -0.25) is 4.79 Å². The molecule has 1 amide bonds. The van der Waals surface area contributed by atoms with Crippen LogP contribution in [0.25, 0.3) is 6.08 Å². The number of nitrogens with one attached hydrogen (secondary N) is 1. The first-order valence-corrected chi connectivity index (χ1v) is 10.4. The van der Waals surface area contributed by atoms with E-state index in [2.05, 4.69) is 5.32 Å². The number of halogens is 1. The maximum absolute atomic E-state index is 12.2. The maximum Gasteiger partial charge on any atom is 0.244 e. The Morgan fingerprint density at radius 3 is 2.59 bits per heavy atom. The molecule has 0 atom stereocenters. The number of methoxy groups -OCH3 is 1. The molecule has 0 unspecified atom stereocenters. The maximum atomic E-state index is 12.2. The molecule has 1 aliphatic rings. The summed E-state index contributed by atoms with van der Waals surface area (Å²) in [5.41, 5.74) is 2.75. The van der Waals surface area contributed by atoms with Crippen molar-refractivity contribution in [2.45, 2.75) is 13.2 Å². The molecule has 6 nitrogen and oxygen atoms in total. The van der Waals surface area contributed by atoms with Gasteiger partial charge in [0.1, 0.15) is 6.61 Å². The van der Waals surface area contributed by atoms with Gasteiger partial charge in [-0.2, -0.15) is 0 Å². The number of rotatable bonds is 8. The summed E-state index contributed by atoms with van der Waals surface area (Å²) in [7, 11) is 1.58. The van der Waals surface area contributed by atoms with E-state index >= 15 is 0 Å². The SMILES string of the molecule is COc1cc(/C=C/C(=O)NCc2ccc3c(c2)OCO3)ccc1OCc1ccc(Cl)cc1. The van der Waals surface area contributed by atoms with Crippen molar-refractivity contribution in [3.05, 3.63) is 88.5 Å². The van der Waals surface area contributed by atoms with Crippen molar-refractivity contribution in [1.29, 1.82) is 0 Å². The highest BCUT2D eigenvalue weighted by Crippen LogP contribution is 2.32. The molecule has 0 aliphatic carbocycles. The summed E-state index contributed by atoms with van der Waals surface area (Å²) in [5.74, 6) is 2.41. The van der Waals surface area contributed by atoms with E-state index < -0.39 is 0 Å². The van der Waals surface area contributed by atoms with Gasteiger partial charge in [0.05, 0.1) is 7.11 Å². The molecule has 32 heavy (non-hydrogen) atoms. The van der Waals surface area contributed by atoms with Crippen LogP contribution < -0.4 is 24.3 Å². The van der Waals surface area contributed by atoms with Gasteiger partial charge < -0.3 is 24.3 Å². The van der Waals surface area contributed by atoms with Crippen LogP contribution in [0.1, 0.15) is 16.7 Å². The standard InChI is InChI=1S/C25H22ClNO5/c1-29-23-12-17(4-9-21(23)30-15-18-2-7-20(26)8-3-18)6-11-25(28)27-14-19-5-10-22-24(13-19)32-16-31-22/h2-13H,14-16H2,1H3,(H,27,28)/b11-6+. The summed E-state index contributed by atoms with van der Waals surface area (Å²) >= 11 is 5.91. The summed E-state index contributed by atoms with van der Waals surface area (Å²) < 4.78 is 21.9. The fourth-order valence-corrected chi connectivity index (χ4v) is 3.25. The normalized spacial score (nSPS) is 12.1. The van der Waals surface area contributed by atoms with E-state index in [0.717, 1.165) is 22.4 Å². The van der Waals surface area contributed by atoms with E-state index in [-0.39, 0.29) is 12.7 Å². The average Bonchev–Trinajstić information content (AvgIpc) is 3.29. The zero-order chi connectivity index (χ0) is 22.3. The van der Waals surface area contributed by atoms with E-state index in [1.54, 1.807) is 13.2 Å². The van der Waals surface area contributed by atoms with Crippen molar-refractivity contribution in [2.75, 3.05) is 13.9 Å². The van der Waals surface area contributed by atoms with Gasteiger partial charge in [-0.1, -0.05) is 35.9 Å². The topological polar surface area (TPSA) is 66.0 Å². The van der Waals surface area contributed by atoms with Gasteiger partial charge in [0.25, 0.3) is 0 Å². The molecule has 0 fully saturated rings. The highest BCUT2D eigenvalue weighted by molar-refractivity contribution is 6.30. The lowest BCUT2D eigenvalue weighted by atomic mass is 10.1. The molecule has 4 rings (SSSR count). The van der Waals surface area contributed by atoms with Crippen LogP contribution in [0.15, 0.2) is 66.7 Å². The molecule has 1 N–H and O–H groups in total. The lowest BCUT2D eigenvalue weighted by Gasteiger charge is -2.11. The Kier molecular flexibility index (Phi) is 6.82. The molecule has 0 aromatic heterocycles. The van der Waals surface area contributed by atoms with Crippen LogP contribution in [-0.2, 0) is 17.9 Å². The van der Waals surface area contributed by atoms with Gasteiger partial charge in [-0.05, 0) is 59.2 Å². The second kappa shape index (κ2) is 10.1. The number of fused-ring (bicyclic) bond motifs is 1. The van der Waals surface area contributed by atoms with Gasteiger partial charge in [0.15, 0.2) is 23.0 Å². The van der Waals surface area contributed by atoms with Gasteiger partial charge in [0, 0.05) is 17.6 Å². The van der Waals surface area contributed by atoms with Crippen LogP contribution in [-0.4, -0.2) is 19.8 Å². The third-order valence-electron chi connectivity index (χ3n) is 4.83. The van der Waals surface area contributed by atoms with E-state index in [4.69, 9.17) is 30.5 Å². The Labute approximate surface area is 191 Å². The average molecular weight is 452 g/mol. The third kappa shape index (κ3) is 5.53. The molecule has 164 valence electrons. The van der Waals surface area contributed by atoms with Crippen LogP contribution >= 0.6 is 11.6 Å². The minimum atomic E-state index is -0.204. The summed E-state index contributed by atoms with van der Waals surface area (Å²) in [6.45, 7) is 1.01. The minimum absolute atomic E-state index is 0.204. The smallest absolute Gasteiger partial charge is 0.244 e. The zero-order valence-corrected chi connectivity index (χ0v) is 18.2. The van der Waals surface area contributed by atoms with E-state index in [9.17, 15) is 4.79 Å². The number of benzene rings is 3. The Morgan fingerprint density at radius 2 is 1.78 bits per heavy atom. The van der Waals surface area contributed by atoms with Crippen molar-refractivity contribution < 1.29 is 23.7 Å². The Morgan fingerprint density at radius 1 is 1.00 bits per heavy atom. The first kappa shape index (κ1) is 21.6. The Bertz CT molecular complexity index is 1130. The number of amides is 1. The second-order valence-electron chi connectivity index (χ2n) is 7.06. The fourth-order valence-electron chi connectivity index (χ4n) is 3.12. The van der Waals surface area contributed by atoms with Gasteiger partial charge in [-0.25, -0.2) is 0 Å². The van der Waals surface area contributed by atoms with Crippen LogP contribution in [0.2, 0.25) is 5.02 Å². The number of ether oxygens (including phenoxy) is 4. The zero-order valence-electron chi connectivity index (χ0n) is 17.5. The molecule has 3 aromatic rings. The summed E-state index contributed by atoms with van der Waals surface area (Å²) in [4.78, 5) is 12.2. The molecule has 0 spiro atoms. The summed E-state index contributed by atoms with van der Waals surface area (Å²) in [6, 6.07) is 18.6. The second-order valence-corrected chi connectivity index (χ2v) is 7.50. The van der Waals surface area contributed by atoms with Crippen molar-refractivity contribution >= 4 is 23.6 Å². The quantitative estimate of drug-likeness (QED) is 0.489. The Balaban J connectivity index is 1.32. The molecule has 0 radical (unpaired) electrons. The highest BCUT2D eigenvalue weighted by Gasteiger charge is 2.13. The summed E-state index contributed by atoms with van der Waals surface area (Å²) in [5, 5.41) is 3.54. The molecule has 0 saturated carbocycles. The largest absolute Gasteiger partial charge is 0.493 e. The number of hydrogen-bond donors (Lipinski definition) is 1. The van der Waals surface area contributed by atoms with Crippen molar-refractivity contribution in [3.8, 4) is 23.0 Å². The van der Waals surface area contributed by atoms with Crippen molar-refractivity contribution in [3.63, 3.8) is 0 Å². The molecule has 0 bridgehead atoms. The van der Waals surface area contributed by atoms with Crippen LogP contribution in [0.4, 0.5) is 0 Å².